The highest BCUT2D eigenvalue weighted by atomic mass is 16.6. The molecule has 0 aliphatic heterocycles. The van der Waals surface area contributed by atoms with E-state index in [0.29, 0.717) is 18.4 Å². The average molecular weight is 197 g/mol. The second-order valence-electron chi connectivity index (χ2n) is 4.78. The molecule has 1 N–H and O–H groups in total. The van der Waals surface area contributed by atoms with Crippen molar-refractivity contribution in [3.63, 3.8) is 0 Å². The van der Waals surface area contributed by atoms with Gasteiger partial charge in [0, 0.05) is 6.54 Å². The Morgan fingerprint density at radius 3 is 2.71 bits per heavy atom. The lowest BCUT2D eigenvalue weighted by atomic mass is 10.2. The van der Waals surface area contributed by atoms with E-state index in [9.17, 15) is 4.79 Å². The molecule has 0 aromatic heterocycles. The minimum Gasteiger partial charge on any atom is -0.444 e. The number of nitrogens with one attached hydrogen (secondary N) is 1. The van der Waals surface area contributed by atoms with Gasteiger partial charge in [0.2, 0.25) is 0 Å². The summed E-state index contributed by atoms with van der Waals surface area (Å²) in [6, 6.07) is 0. The highest BCUT2D eigenvalue weighted by Gasteiger charge is 2.34. The number of carbonyl (C=O) groups excluding carboxylic acids is 1. The summed E-state index contributed by atoms with van der Waals surface area (Å²) in [4.78, 5) is 11.2. The molecule has 1 aliphatic rings. The Kier molecular flexibility index (Phi) is 3.19. The lowest BCUT2D eigenvalue weighted by Gasteiger charge is -2.19. The normalized spacial score (nSPS) is 25.4. The van der Waals surface area contributed by atoms with E-state index >= 15 is 0 Å². The maximum atomic E-state index is 11.2. The number of carbonyl (C=O) groups is 1. The fourth-order valence-electron chi connectivity index (χ4n) is 1.32. The third kappa shape index (κ3) is 3.81. The first-order valence-corrected chi connectivity index (χ1v) is 5.02. The molecule has 3 heteroatoms. The van der Waals surface area contributed by atoms with Crippen molar-refractivity contribution in [3.8, 4) is 0 Å². The molecule has 0 unspecified atom stereocenters. The van der Waals surface area contributed by atoms with Crippen molar-refractivity contribution in [3.05, 3.63) is 12.7 Å². The molecule has 1 fully saturated rings. The Morgan fingerprint density at radius 1 is 1.64 bits per heavy atom. The minimum absolute atomic E-state index is 0.327. The zero-order valence-corrected chi connectivity index (χ0v) is 9.17. The van der Waals surface area contributed by atoms with Crippen molar-refractivity contribution in [1.29, 1.82) is 0 Å². The van der Waals surface area contributed by atoms with Gasteiger partial charge in [0.25, 0.3) is 0 Å². The molecule has 0 saturated heterocycles. The quantitative estimate of drug-likeness (QED) is 0.705. The Labute approximate surface area is 85.5 Å². The molecule has 0 heterocycles. The molecule has 1 saturated carbocycles. The molecule has 80 valence electrons. The van der Waals surface area contributed by atoms with Crippen molar-refractivity contribution in [2.45, 2.75) is 32.8 Å². The van der Waals surface area contributed by atoms with Crippen molar-refractivity contribution in [1.82, 2.24) is 5.32 Å². The molecular formula is C11H19NO2. The van der Waals surface area contributed by atoms with Gasteiger partial charge in [0.1, 0.15) is 5.60 Å². The van der Waals surface area contributed by atoms with Crippen LogP contribution >= 0.6 is 0 Å². The summed E-state index contributed by atoms with van der Waals surface area (Å²) in [7, 11) is 0. The standard InChI is InChI=1S/C11H19NO2/c1-5-8-6-9(8)7-12-10(13)14-11(2,3)4/h5,8-9H,1,6-7H2,2-4H3,(H,12,13)/t8-,9+/m1/s1. The van der Waals surface area contributed by atoms with E-state index in [1.165, 1.54) is 0 Å². The third-order valence-corrected chi connectivity index (χ3v) is 2.19. The highest BCUT2D eigenvalue weighted by Crippen LogP contribution is 2.38. The maximum absolute atomic E-state index is 11.2. The summed E-state index contributed by atoms with van der Waals surface area (Å²) >= 11 is 0. The van der Waals surface area contributed by atoms with Crippen LogP contribution in [0.25, 0.3) is 0 Å². The lowest BCUT2D eigenvalue weighted by molar-refractivity contribution is 0.0525. The maximum Gasteiger partial charge on any atom is 0.407 e. The van der Waals surface area contributed by atoms with Crippen LogP contribution < -0.4 is 5.32 Å². The van der Waals surface area contributed by atoms with Crippen LogP contribution in [0.3, 0.4) is 0 Å². The van der Waals surface area contributed by atoms with E-state index in [1.807, 2.05) is 26.8 Å². The molecule has 0 aromatic carbocycles. The smallest absolute Gasteiger partial charge is 0.407 e. The van der Waals surface area contributed by atoms with Crippen molar-refractivity contribution < 1.29 is 9.53 Å². The molecular weight excluding hydrogens is 178 g/mol. The van der Waals surface area contributed by atoms with Crippen LogP contribution in [-0.4, -0.2) is 18.2 Å². The Bertz CT molecular complexity index is 230. The van der Waals surface area contributed by atoms with Gasteiger partial charge in [0.05, 0.1) is 0 Å². The fraction of sp³-hybridized carbons (Fsp3) is 0.727. The van der Waals surface area contributed by atoms with E-state index in [4.69, 9.17) is 4.74 Å². The number of ether oxygens (including phenoxy) is 1. The van der Waals surface area contributed by atoms with Gasteiger partial charge in [-0.15, -0.1) is 6.58 Å². The van der Waals surface area contributed by atoms with E-state index < -0.39 is 5.60 Å². The second-order valence-corrected chi connectivity index (χ2v) is 4.78. The lowest BCUT2D eigenvalue weighted by Crippen LogP contribution is -2.33. The van der Waals surface area contributed by atoms with Crippen LogP contribution in [-0.2, 0) is 4.74 Å². The summed E-state index contributed by atoms with van der Waals surface area (Å²) < 4.78 is 5.11. The monoisotopic (exact) mass is 197 g/mol. The van der Waals surface area contributed by atoms with Crippen molar-refractivity contribution in [2.24, 2.45) is 11.8 Å². The van der Waals surface area contributed by atoms with Gasteiger partial charge >= 0.3 is 6.09 Å². The largest absolute Gasteiger partial charge is 0.444 e. The molecule has 1 aliphatic carbocycles. The minimum atomic E-state index is -0.411. The van der Waals surface area contributed by atoms with Crippen LogP contribution in [0.15, 0.2) is 12.7 Å². The molecule has 1 rings (SSSR count). The number of amides is 1. The van der Waals surface area contributed by atoms with Crippen molar-refractivity contribution in [2.75, 3.05) is 6.54 Å². The molecule has 0 spiro atoms. The first kappa shape index (κ1) is 11.1. The first-order valence-electron chi connectivity index (χ1n) is 5.02. The van der Waals surface area contributed by atoms with Gasteiger partial charge in [0.15, 0.2) is 0 Å². The Morgan fingerprint density at radius 2 is 2.29 bits per heavy atom. The van der Waals surface area contributed by atoms with E-state index in [1.54, 1.807) is 0 Å². The number of hydrogen-bond acceptors (Lipinski definition) is 2. The fourth-order valence-corrected chi connectivity index (χ4v) is 1.32. The zero-order chi connectivity index (χ0) is 10.8. The van der Waals surface area contributed by atoms with E-state index in [0.717, 1.165) is 6.42 Å². The highest BCUT2D eigenvalue weighted by molar-refractivity contribution is 5.67. The second kappa shape index (κ2) is 4.03. The van der Waals surface area contributed by atoms with E-state index in [-0.39, 0.29) is 6.09 Å². The Hall–Kier alpha value is -0.990. The molecule has 3 nitrogen and oxygen atoms in total. The van der Waals surface area contributed by atoms with Crippen LogP contribution in [0.4, 0.5) is 4.79 Å². The van der Waals surface area contributed by atoms with Crippen LogP contribution in [0.2, 0.25) is 0 Å². The van der Waals surface area contributed by atoms with Gasteiger partial charge in [-0.2, -0.15) is 0 Å². The molecule has 0 bridgehead atoms. The third-order valence-electron chi connectivity index (χ3n) is 2.19. The SMILES string of the molecule is C=C[C@@H]1C[C@H]1CNC(=O)OC(C)(C)C. The molecule has 1 amide bonds. The molecule has 0 aromatic rings. The molecule has 2 atom stereocenters. The number of alkyl carbamates (subject to hydrolysis) is 1. The van der Waals surface area contributed by atoms with Crippen molar-refractivity contribution >= 4 is 6.09 Å². The van der Waals surface area contributed by atoms with Crippen LogP contribution in [0.1, 0.15) is 27.2 Å². The Balaban J connectivity index is 2.13. The van der Waals surface area contributed by atoms with E-state index in [2.05, 4.69) is 11.9 Å². The van der Waals surface area contributed by atoms with Gasteiger partial charge in [-0.3, -0.25) is 0 Å². The van der Waals surface area contributed by atoms with Gasteiger partial charge in [-0.1, -0.05) is 6.08 Å². The van der Waals surface area contributed by atoms with Gasteiger partial charge in [-0.05, 0) is 39.0 Å². The average Bonchev–Trinajstić information content (AvgIpc) is 2.76. The summed E-state index contributed by atoms with van der Waals surface area (Å²) in [6.45, 7) is 9.99. The first-order chi connectivity index (χ1) is 6.42. The summed E-state index contributed by atoms with van der Waals surface area (Å²) in [5.74, 6) is 1.16. The predicted octanol–water partition coefficient (Wildman–Crippen LogP) is 2.33. The zero-order valence-electron chi connectivity index (χ0n) is 9.17. The predicted molar refractivity (Wildman–Crippen MR) is 56.0 cm³/mol. The number of allylic oxidation sites excluding steroid dienone is 1. The molecule has 14 heavy (non-hydrogen) atoms. The van der Waals surface area contributed by atoms with Gasteiger partial charge in [-0.25, -0.2) is 4.79 Å². The van der Waals surface area contributed by atoms with Crippen LogP contribution in [0, 0.1) is 11.8 Å². The number of rotatable bonds is 3. The number of hydrogen-bond donors (Lipinski definition) is 1. The molecule has 0 radical (unpaired) electrons. The summed E-state index contributed by atoms with van der Waals surface area (Å²) in [5.41, 5.74) is -0.411. The topological polar surface area (TPSA) is 38.3 Å². The van der Waals surface area contributed by atoms with Crippen LogP contribution in [0.5, 0.6) is 0 Å². The van der Waals surface area contributed by atoms with Gasteiger partial charge < -0.3 is 10.1 Å². The summed E-state index contributed by atoms with van der Waals surface area (Å²) in [5, 5.41) is 2.76. The summed E-state index contributed by atoms with van der Waals surface area (Å²) in [6.07, 6.45) is 2.76.